The van der Waals surface area contributed by atoms with Crippen molar-refractivity contribution < 1.29 is 8.78 Å². The van der Waals surface area contributed by atoms with Crippen LogP contribution in [-0.4, -0.2) is 14.8 Å². The Morgan fingerprint density at radius 2 is 1.66 bits per heavy atom. The zero-order valence-corrected chi connectivity index (χ0v) is 16.3. The van der Waals surface area contributed by atoms with Crippen LogP contribution in [0.4, 0.5) is 8.78 Å². The number of halogens is 2. The first-order valence-corrected chi connectivity index (χ1v) is 9.55. The maximum atomic E-state index is 13.8. The zero-order valence-electron chi connectivity index (χ0n) is 16.3. The summed E-state index contributed by atoms with van der Waals surface area (Å²) in [5.74, 6) is -0.170. The Bertz CT molecular complexity index is 1130. The molecule has 0 saturated carbocycles. The standard InChI is InChI=1S/C24H21F2N3/c1-16(2)14-29-15-23(24(28-29)17-6-8-19(25)9-7-17)21-10-11-27-13-22(21)18-4-3-5-20(26)12-18/h3-13,15-16H,14H2,1-2H3. The molecule has 2 aromatic heterocycles. The lowest BCUT2D eigenvalue weighted by atomic mass is 9.95. The third kappa shape index (κ3) is 4.09. The van der Waals surface area contributed by atoms with E-state index in [1.165, 1.54) is 24.3 Å². The second kappa shape index (κ2) is 7.95. The summed E-state index contributed by atoms with van der Waals surface area (Å²) < 4.78 is 29.2. The van der Waals surface area contributed by atoms with Gasteiger partial charge in [-0.1, -0.05) is 26.0 Å². The van der Waals surface area contributed by atoms with Gasteiger partial charge in [0.1, 0.15) is 17.3 Å². The Morgan fingerprint density at radius 1 is 0.862 bits per heavy atom. The van der Waals surface area contributed by atoms with Crippen molar-refractivity contribution in [2.24, 2.45) is 5.92 Å². The first kappa shape index (κ1) is 19.0. The SMILES string of the molecule is CC(C)Cn1cc(-c2ccncc2-c2cccc(F)c2)c(-c2ccc(F)cc2)n1. The molecule has 29 heavy (non-hydrogen) atoms. The maximum absolute atomic E-state index is 13.8. The Morgan fingerprint density at radius 3 is 2.38 bits per heavy atom. The molecular weight excluding hydrogens is 368 g/mol. The summed E-state index contributed by atoms with van der Waals surface area (Å²) in [6.45, 7) is 5.02. The van der Waals surface area contributed by atoms with E-state index in [1.54, 1.807) is 30.6 Å². The maximum Gasteiger partial charge on any atom is 0.123 e. The number of hydrogen-bond donors (Lipinski definition) is 0. The van der Waals surface area contributed by atoms with Gasteiger partial charge in [-0.05, 0) is 59.5 Å². The number of rotatable bonds is 5. The molecule has 0 saturated heterocycles. The normalized spacial score (nSPS) is 11.2. The van der Waals surface area contributed by atoms with Gasteiger partial charge < -0.3 is 0 Å². The highest BCUT2D eigenvalue weighted by Crippen LogP contribution is 2.37. The Kier molecular flexibility index (Phi) is 5.21. The number of nitrogens with zero attached hydrogens (tertiary/aromatic N) is 3. The van der Waals surface area contributed by atoms with Gasteiger partial charge in [0, 0.05) is 41.8 Å². The van der Waals surface area contributed by atoms with E-state index >= 15 is 0 Å². The highest BCUT2D eigenvalue weighted by atomic mass is 19.1. The minimum atomic E-state index is -0.299. The Labute approximate surface area is 168 Å². The van der Waals surface area contributed by atoms with E-state index < -0.39 is 0 Å². The summed E-state index contributed by atoms with van der Waals surface area (Å²) in [5, 5.41) is 4.78. The summed E-state index contributed by atoms with van der Waals surface area (Å²) in [5.41, 5.74) is 4.95. The van der Waals surface area contributed by atoms with Gasteiger partial charge >= 0.3 is 0 Å². The van der Waals surface area contributed by atoms with E-state index in [4.69, 9.17) is 5.10 Å². The van der Waals surface area contributed by atoms with Crippen molar-refractivity contribution >= 4 is 0 Å². The van der Waals surface area contributed by atoms with Gasteiger partial charge in [0.25, 0.3) is 0 Å². The molecule has 4 aromatic rings. The van der Waals surface area contributed by atoms with Crippen molar-refractivity contribution in [3.8, 4) is 33.5 Å². The first-order chi connectivity index (χ1) is 14.0. The molecule has 0 aliphatic heterocycles. The van der Waals surface area contributed by atoms with Crippen LogP contribution in [-0.2, 0) is 6.54 Å². The molecule has 2 aromatic carbocycles. The van der Waals surface area contributed by atoms with Crippen LogP contribution in [0.25, 0.3) is 33.5 Å². The fourth-order valence-electron chi connectivity index (χ4n) is 3.42. The van der Waals surface area contributed by atoms with Crippen molar-refractivity contribution in [2.75, 3.05) is 0 Å². The van der Waals surface area contributed by atoms with Crippen LogP contribution in [0, 0.1) is 17.6 Å². The molecule has 0 unspecified atom stereocenters. The Balaban J connectivity index is 1.91. The smallest absolute Gasteiger partial charge is 0.123 e. The topological polar surface area (TPSA) is 30.7 Å². The van der Waals surface area contributed by atoms with Crippen molar-refractivity contribution in [2.45, 2.75) is 20.4 Å². The minimum Gasteiger partial charge on any atom is -0.271 e. The molecule has 0 aliphatic rings. The van der Waals surface area contributed by atoms with Crippen LogP contribution in [0.3, 0.4) is 0 Å². The second-order valence-corrected chi connectivity index (χ2v) is 7.45. The van der Waals surface area contributed by atoms with E-state index in [-0.39, 0.29) is 11.6 Å². The van der Waals surface area contributed by atoms with Crippen molar-refractivity contribution in [1.82, 2.24) is 14.8 Å². The third-order valence-corrected chi connectivity index (χ3v) is 4.68. The lowest BCUT2D eigenvalue weighted by molar-refractivity contribution is 0.484. The predicted molar refractivity (Wildman–Crippen MR) is 111 cm³/mol. The van der Waals surface area contributed by atoms with Gasteiger partial charge in [0.15, 0.2) is 0 Å². The van der Waals surface area contributed by atoms with Crippen LogP contribution < -0.4 is 0 Å². The van der Waals surface area contributed by atoms with E-state index in [9.17, 15) is 8.78 Å². The van der Waals surface area contributed by atoms with Gasteiger partial charge in [0.05, 0.1) is 0 Å². The molecule has 4 rings (SSSR count). The number of pyridine rings is 1. The average Bonchev–Trinajstić information content (AvgIpc) is 3.11. The molecule has 0 fully saturated rings. The van der Waals surface area contributed by atoms with Gasteiger partial charge in [-0.2, -0.15) is 5.10 Å². The summed E-state index contributed by atoms with van der Waals surface area (Å²) in [4.78, 5) is 4.25. The monoisotopic (exact) mass is 389 g/mol. The number of hydrogen-bond acceptors (Lipinski definition) is 2. The first-order valence-electron chi connectivity index (χ1n) is 9.55. The molecule has 0 spiro atoms. The average molecular weight is 389 g/mol. The molecule has 0 atom stereocenters. The largest absolute Gasteiger partial charge is 0.271 e. The van der Waals surface area contributed by atoms with Crippen LogP contribution in [0.15, 0.2) is 73.2 Å². The van der Waals surface area contributed by atoms with Gasteiger partial charge in [-0.15, -0.1) is 0 Å². The molecule has 3 nitrogen and oxygen atoms in total. The molecule has 0 aliphatic carbocycles. The van der Waals surface area contributed by atoms with Gasteiger partial charge in [-0.3, -0.25) is 9.67 Å². The quantitative estimate of drug-likeness (QED) is 0.406. The molecule has 0 N–H and O–H groups in total. The van der Waals surface area contributed by atoms with Crippen molar-refractivity contribution in [1.29, 1.82) is 0 Å². The molecule has 0 bridgehead atoms. The molecule has 146 valence electrons. The van der Waals surface area contributed by atoms with Crippen molar-refractivity contribution in [3.63, 3.8) is 0 Å². The summed E-state index contributed by atoms with van der Waals surface area (Å²) in [6, 6.07) is 14.7. The predicted octanol–water partition coefficient (Wildman–Crippen LogP) is 6.21. The highest BCUT2D eigenvalue weighted by molar-refractivity contribution is 5.89. The second-order valence-electron chi connectivity index (χ2n) is 7.45. The van der Waals surface area contributed by atoms with Crippen LogP contribution in [0.5, 0.6) is 0 Å². The van der Waals surface area contributed by atoms with Crippen LogP contribution >= 0.6 is 0 Å². The van der Waals surface area contributed by atoms with E-state index in [1.807, 2.05) is 23.0 Å². The minimum absolute atomic E-state index is 0.290. The highest BCUT2D eigenvalue weighted by Gasteiger charge is 2.17. The van der Waals surface area contributed by atoms with Crippen molar-refractivity contribution in [3.05, 3.63) is 84.8 Å². The van der Waals surface area contributed by atoms with Gasteiger partial charge in [0.2, 0.25) is 0 Å². The van der Waals surface area contributed by atoms with E-state index in [0.29, 0.717) is 5.92 Å². The fraction of sp³-hybridized carbons (Fsp3) is 0.167. The Hall–Kier alpha value is -3.34. The number of aromatic nitrogens is 3. The van der Waals surface area contributed by atoms with E-state index in [2.05, 4.69) is 18.8 Å². The molecule has 2 heterocycles. The third-order valence-electron chi connectivity index (χ3n) is 4.68. The molecule has 0 radical (unpaired) electrons. The fourth-order valence-corrected chi connectivity index (χ4v) is 3.42. The zero-order chi connectivity index (χ0) is 20.4. The molecular formula is C24H21F2N3. The lowest BCUT2D eigenvalue weighted by Crippen LogP contribution is -2.04. The molecule has 5 heteroatoms. The van der Waals surface area contributed by atoms with E-state index in [0.717, 1.165) is 40.1 Å². The summed E-state index contributed by atoms with van der Waals surface area (Å²) in [7, 11) is 0. The van der Waals surface area contributed by atoms with Crippen LogP contribution in [0.1, 0.15) is 13.8 Å². The summed E-state index contributed by atoms with van der Waals surface area (Å²) in [6.07, 6.45) is 5.45. The summed E-state index contributed by atoms with van der Waals surface area (Å²) >= 11 is 0. The lowest BCUT2D eigenvalue weighted by Gasteiger charge is -2.10. The van der Waals surface area contributed by atoms with Gasteiger partial charge in [-0.25, -0.2) is 8.78 Å². The molecule has 0 amide bonds. The number of benzene rings is 2. The van der Waals surface area contributed by atoms with Crippen LogP contribution in [0.2, 0.25) is 0 Å².